The van der Waals surface area contributed by atoms with Gasteiger partial charge in [-0.2, -0.15) is 23.6 Å². The highest BCUT2D eigenvalue weighted by molar-refractivity contribution is 7.98. The van der Waals surface area contributed by atoms with Crippen molar-refractivity contribution in [2.45, 2.75) is 35.2 Å². The van der Waals surface area contributed by atoms with Crippen LogP contribution in [0, 0.1) is 11.3 Å². The molecule has 1 atom stereocenters. The Labute approximate surface area is 213 Å². The van der Waals surface area contributed by atoms with Gasteiger partial charge in [0.2, 0.25) is 11.7 Å². The molecular formula is C20H15F5N8O2S2. The predicted molar refractivity (Wildman–Crippen MR) is 119 cm³/mol. The van der Waals surface area contributed by atoms with Crippen LogP contribution in [0.25, 0.3) is 11.4 Å². The minimum atomic E-state index is -4.66. The van der Waals surface area contributed by atoms with Crippen molar-refractivity contribution >= 4 is 34.9 Å². The summed E-state index contributed by atoms with van der Waals surface area (Å²) < 4.78 is 67.7. The highest BCUT2D eigenvalue weighted by Gasteiger charge is 2.47. The van der Waals surface area contributed by atoms with Crippen LogP contribution in [0.1, 0.15) is 27.5 Å². The minimum Gasteiger partial charge on any atom is -0.342 e. The molecule has 17 heteroatoms. The average Bonchev–Trinajstić information content (AvgIpc) is 3.60. The van der Waals surface area contributed by atoms with Crippen LogP contribution >= 0.6 is 23.1 Å². The summed E-state index contributed by atoms with van der Waals surface area (Å²) in [7, 11) is 0. The molecule has 37 heavy (non-hydrogen) atoms. The summed E-state index contributed by atoms with van der Waals surface area (Å²) in [5.41, 5.74) is -1.20. The van der Waals surface area contributed by atoms with Crippen molar-refractivity contribution in [3.05, 3.63) is 39.8 Å². The van der Waals surface area contributed by atoms with Gasteiger partial charge in [0.15, 0.2) is 0 Å². The maximum absolute atomic E-state index is 13.6. The first kappa shape index (κ1) is 26.4. The smallest absolute Gasteiger partial charge is 0.342 e. The number of nitrogens with zero attached hydrogens (tertiary/aromatic N) is 6. The van der Waals surface area contributed by atoms with Crippen molar-refractivity contribution in [1.29, 1.82) is 5.26 Å². The molecule has 1 saturated heterocycles. The second-order valence-corrected chi connectivity index (χ2v) is 9.76. The van der Waals surface area contributed by atoms with Crippen LogP contribution in [0.5, 0.6) is 0 Å². The number of nitrogens with one attached hydrogen (secondary N) is 2. The molecule has 1 fully saturated rings. The number of alkyl halides is 5. The molecule has 3 heterocycles. The van der Waals surface area contributed by atoms with Gasteiger partial charge in [-0.3, -0.25) is 9.59 Å². The number of carbonyl (C=O) groups excluding carboxylic acids is 2. The Balaban J connectivity index is 1.35. The first-order valence-electron chi connectivity index (χ1n) is 10.3. The number of hydrogen-bond donors (Lipinski definition) is 2. The molecule has 0 radical (unpaired) electrons. The maximum atomic E-state index is 13.6. The molecule has 2 N–H and O–H groups in total. The zero-order valence-corrected chi connectivity index (χ0v) is 20.1. The Morgan fingerprint density at radius 3 is 2.81 bits per heavy atom. The summed E-state index contributed by atoms with van der Waals surface area (Å²) in [5.74, 6) is -4.77. The Morgan fingerprint density at radius 2 is 2.14 bits per heavy atom. The molecule has 0 bridgehead atoms. The number of likely N-dealkylation sites (tertiary alicyclic amines) is 1. The molecule has 0 saturated carbocycles. The SMILES string of the molecule is N#C[C@@H]1CC(F)(F)CN1C(=O)CNC(=O)c1csc(CSc2ccc(-c3nn[nH]n3)c(C(F)(F)F)c2)n1. The monoisotopic (exact) mass is 558 g/mol. The van der Waals surface area contributed by atoms with Crippen molar-refractivity contribution in [3.63, 3.8) is 0 Å². The quantitative estimate of drug-likeness (QED) is 0.333. The van der Waals surface area contributed by atoms with Gasteiger partial charge >= 0.3 is 6.18 Å². The van der Waals surface area contributed by atoms with E-state index in [-0.39, 0.29) is 22.8 Å². The molecule has 0 unspecified atom stereocenters. The average molecular weight is 559 g/mol. The van der Waals surface area contributed by atoms with Crippen LogP contribution < -0.4 is 5.32 Å². The molecule has 4 rings (SSSR count). The van der Waals surface area contributed by atoms with E-state index in [0.29, 0.717) is 9.90 Å². The fourth-order valence-corrected chi connectivity index (χ4v) is 5.22. The van der Waals surface area contributed by atoms with Crippen LogP contribution in [0.15, 0.2) is 28.5 Å². The molecule has 0 aliphatic carbocycles. The number of rotatable bonds is 7. The maximum Gasteiger partial charge on any atom is 0.417 e. The van der Waals surface area contributed by atoms with E-state index in [2.05, 4.69) is 30.9 Å². The summed E-state index contributed by atoms with van der Waals surface area (Å²) in [6.07, 6.45) is -5.42. The van der Waals surface area contributed by atoms with Gasteiger partial charge in [0.25, 0.3) is 11.8 Å². The number of amides is 2. The lowest BCUT2D eigenvalue weighted by atomic mass is 10.1. The second-order valence-electron chi connectivity index (χ2n) is 7.77. The van der Waals surface area contributed by atoms with Gasteiger partial charge in [-0.15, -0.1) is 33.3 Å². The summed E-state index contributed by atoms with van der Waals surface area (Å²) in [4.78, 5) is 29.7. The number of tetrazole rings is 1. The number of carbonyl (C=O) groups is 2. The van der Waals surface area contributed by atoms with Crippen LogP contribution in [-0.2, 0) is 16.7 Å². The van der Waals surface area contributed by atoms with E-state index >= 15 is 0 Å². The first-order chi connectivity index (χ1) is 17.5. The van der Waals surface area contributed by atoms with Crippen molar-refractivity contribution < 1.29 is 31.5 Å². The summed E-state index contributed by atoms with van der Waals surface area (Å²) in [6.45, 7) is -1.49. The molecule has 10 nitrogen and oxygen atoms in total. The lowest BCUT2D eigenvalue weighted by molar-refractivity contribution is -0.137. The van der Waals surface area contributed by atoms with E-state index < -0.39 is 55.0 Å². The number of aromatic amines is 1. The Kier molecular flexibility index (Phi) is 7.41. The van der Waals surface area contributed by atoms with Crippen LogP contribution in [0.2, 0.25) is 0 Å². The predicted octanol–water partition coefficient (Wildman–Crippen LogP) is 3.12. The fourth-order valence-electron chi connectivity index (χ4n) is 3.49. The van der Waals surface area contributed by atoms with Crippen molar-refractivity contribution in [3.8, 4) is 17.5 Å². The lowest BCUT2D eigenvalue weighted by Gasteiger charge is -2.19. The topological polar surface area (TPSA) is 141 Å². The Bertz CT molecular complexity index is 1340. The summed E-state index contributed by atoms with van der Waals surface area (Å²) in [5, 5.41) is 25.7. The molecule has 194 valence electrons. The number of thiazole rings is 1. The van der Waals surface area contributed by atoms with E-state index in [4.69, 9.17) is 5.26 Å². The summed E-state index contributed by atoms with van der Waals surface area (Å²) in [6, 6.07) is 4.03. The van der Waals surface area contributed by atoms with Gasteiger partial charge in [-0.05, 0) is 23.4 Å². The third-order valence-corrected chi connectivity index (χ3v) is 7.21. The zero-order chi connectivity index (χ0) is 26.8. The Morgan fingerprint density at radius 1 is 1.35 bits per heavy atom. The van der Waals surface area contributed by atoms with Crippen LogP contribution in [0.4, 0.5) is 22.0 Å². The highest BCUT2D eigenvalue weighted by Crippen LogP contribution is 2.38. The van der Waals surface area contributed by atoms with Gasteiger partial charge < -0.3 is 10.2 Å². The van der Waals surface area contributed by atoms with E-state index in [1.807, 2.05) is 0 Å². The molecule has 3 aromatic rings. The number of H-pyrrole nitrogens is 1. The minimum absolute atomic E-state index is 0.0413. The highest BCUT2D eigenvalue weighted by atomic mass is 32.2. The number of nitriles is 1. The normalized spacial score (nSPS) is 17.0. The molecular weight excluding hydrogens is 543 g/mol. The van der Waals surface area contributed by atoms with Gasteiger partial charge in [0.1, 0.15) is 16.7 Å². The third-order valence-electron chi connectivity index (χ3n) is 5.17. The van der Waals surface area contributed by atoms with Crippen molar-refractivity contribution in [1.82, 2.24) is 35.8 Å². The van der Waals surface area contributed by atoms with Gasteiger partial charge in [-0.25, -0.2) is 13.8 Å². The number of benzene rings is 1. The Hall–Kier alpha value is -3.65. The largest absolute Gasteiger partial charge is 0.417 e. The third kappa shape index (κ3) is 6.20. The number of thioether (sulfide) groups is 1. The standard InChI is InChI=1S/C20H15F5N8O2S2/c21-19(22)4-10(5-26)33(9-19)16(34)6-27-18(35)14-7-37-15(28-14)8-36-11-1-2-12(17-29-31-32-30-17)13(3-11)20(23,24)25/h1-3,7,10H,4,6,8-9H2,(H,27,35)(H,29,30,31,32)/t10-/m0/s1. The molecule has 0 spiro atoms. The van der Waals surface area contributed by atoms with E-state index in [1.54, 1.807) is 6.07 Å². The van der Waals surface area contributed by atoms with E-state index in [9.17, 15) is 31.5 Å². The zero-order valence-electron chi connectivity index (χ0n) is 18.4. The lowest BCUT2D eigenvalue weighted by Crippen LogP contribution is -2.43. The van der Waals surface area contributed by atoms with Crippen molar-refractivity contribution in [2.75, 3.05) is 13.1 Å². The number of halogens is 5. The van der Waals surface area contributed by atoms with Gasteiger partial charge in [0, 0.05) is 22.3 Å². The summed E-state index contributed by atoms with van der Waals surface area (Å²) >= 11 is 2.15. The van der Waals surface area contributed by atoms with Crippen LogP contribution in [0.3, 0.4) is 0 Å². The molecule has 1 aliphatic rings. The van der Waals surface area contributed by atoms with E-state index in [0.717, 1.165) is 34.1 Å². The second kappa shape index (κ2) is 10.4. The number of aromatic nitrogens is 5. The number of hydrogen-bond acceptors (Lipinski definition) is 9. The molecule has 1 aliphatic heterocycles. The van der Waals surface area contributed by atoms with Crippen LogP contribution in [-0.4, -0.2) is 67.4 Å². The molecule has 2 aromatic heterocycles. The van der Waals surface area contributed by atoms with Gasteiger partial charge in [0.05, 0.1) is 30.5 Å². The fraction of sp³-hybridized carbons (Fsp3) is 0.350. The first-order valence-corrected chi connectivity index (χ1v) is 12.2. The van der Waals surface area contributed by atoms with Crippen molar-refractivity contribution in [2.24, 2.45) is 0 Å². The molecule has 1 aromatic carbocycles. The van der Waals surface area contributed by atoms with Gasteiger partial charge in [-0.1, -0.05) is 0 Å². The molecule has 2 amide bonds. The van der Waals surface area contributed by atoms with E-state index in [1.165, 1.54) is 17.5 Å².